The minimum Gasteiger partial charge on any atom is -0.492 e. The van der Waals surface area contributed by atoms with Crippen molar-refractivity contribution < 1.29 is 14.8 Å². The van der Waals surface area contributed by atoms with Crippen LogP contribution in [0.1, 0.15) is 37.1 Å². The molecule has 0 radical (unpaired) electrons. The van der Waals surface area contributed by atoms with Gasteiger partial charge in [-0.3, -0.25) is 4.79 Å². The maximum absolute atomic E-state index is 13.3. The third-order valence-electron chi connectivity index (χ3n) is 4.74. The second-order valence-corrected chi connectivity index (χ2v) is 7.28. The highest BCUT2D eigenvalue weighted by Gasteiger charge is 2.27. The zero-order chi connectivity index (χ0) is 20.6. The molecule has 1 amide bonds. The molecule has 29 heavy (non-hydrogen) atoms. The highest BCUT2D eigenvalue weighted by molar-refractivity contribution is 6.30. The van der Waals surface area contributed by atoms with E-state index in [4.69, 9.17) is 16.3 Å². The third-order valence-corrected chi connectivity index (χ3v) is 4.98. The van der Waals surface area contributed by atoms with Crippen molar-refractivity contribution in [1.82, 2.24) is 0 Å². The molecule has 150 valence electrons. The summed E-state index contributed by atoms with van der Waals surface area (Å²) in [6.07, 6.45) is 0. The number of halogens is 1. The van der Waals surface area contributed by atoms with Crippen LogP contribution >= 0.6 is 11.6 Å². The van der Waals surface area contributed by atoms with Crippen LogP contribution < -0.4 is 15.4 Å². The summed E-state index contributed by atoms with van der Waals surface area (Å²) in [5.74, 6) is 0.565. The fourth-order valence-electron chi connectivity index (χ4n) is 3.26. The largest absolute Gasteiger partial charge is 0.492 e. The smallest absolute Gasteiger partial charge is 0.287 e. The summed E-state index contributed by atoms with van der Waals surface area (Å²) < 4.78 is 5.65. The molecule has 0 bridgehead atoms. The first-order valence-electron chi connectivity index (χ1n) is 9.76. The van der Waals surface area contributed by atoms with Gasteiger partial charge in [0.05, 0.1) is 12.3 Å². The van der Waals surface area contributed by atoms with Gasteiger partial charge in [0.15, 0.2) is 6.04 Å². The minimum atomic E-state index is -0.417. The van der Waals surface area contributed by atoms with Gasteiger partial charge >= 0.3 is 0 Å². The van der Waals surface area contributed by atoms with E-state index < -0.39 is 6.04 Å². The van der Waals surface area contributed by atoms with Gasteiger partial charge in [-0.1, -0.05) is 66.2 Å². The second kappa shape index (κ2) is 10.1. The predicted molar refractivity (Wildman–Crippen MR) is 117 cm³/mol. The SMILES string of the molecule is CCOc1ccccc1NC(=O)[C@@H]([NH2+][C@H](C)c1cccc(Cl)c1)c1ccccc1. The number of anilines is 1. The number of nitrogens with two attached hydrogens (primary N) is 1. The Bertz CT molecular complexity index is 946. The van der Waals surface area contributed by atoms with Crippen LogP contribution in [0.15, 0.2) is 78.9 Å². The zero-order valence-electron chi connectivity index (χ0n) is 16.6. The zero-order valence-corrected chi connectivity index (χ0v) is 17.4. The first kappa shape index (κ1) is 20.9. The summed E-state index contributed by atoms with van der Waals surface area (Å²) in [6.45, 7) is 4.53. The summed E-state index contributed by atoms with van der Waals surface area (Å²) >= 11 is 6.15. The van der Waals surface area contributed by atoms with Gasteiger partial charge in [-0.25, -0.2) is 0 Å². The number of carbonyl (C=O) groups excluding carboxylic acids is 1. The van der Waals surface area contributed by atoms with Crippen molar-refractivity contribution in [2.75, 3.05) is 11.9 Å². The van der Waals surface area contributed by atoms with E-state index in [0.717, 1.165) is 11.1 Å². The molecule has 0 spiro atoms. The Morgan fingerprint density at radius 1 is 1.00 bits per heavy atom. The normalized spacial score (nSPS) is 12.8. The molecule has 0 aliphatic rings. The molecule has 0 saturated heterocycles. The second-order valence-electron chi connectivity index (χ2n) is 6.84. The van der Waals surface area contributed by atoms with Gasteiger partial charge in [0.2, 0.25) is 0 Å². The van der Waals surface area contributed by atoms with Crippen LogP contribution in [0.3, 0.4) is 0 Å². The molecule has 0 saturated carbocycles. The molecule has 3 aromatic rings. The first-order valence-corrected chi connectivity index (χ1v) is 10.1. The Balaban J connectivity index is 1.85. The summed E-state index contributed by atoms with van der Waals surface area (Å²) in [7, 11) is 0. The van der Waals surface area contributed by atoms with Crippen LogP contribution in [-0.4, -0.2) is 12.5 Å². The van der Waals surface area contributed by atoms with Crippen molar-refractivity contribution in [3.63, 3.8) is 0 Å². The fourth-order valence-corrected chi connectivity index (χ4v) is 3.46. The van der Waals surface area contributed by atoms with Crippen LogP contribution in [0, 0.1) is 0 Å². The molecule has 0 aliphatic heterocycles. The Hall–Kier alpha value is -2.82. The molecule has 0 heterocycles. The van der Waals surface area contributed by atoms with Gasteiger partial charge in [0.1, 0.15) is 11.8 Å². The van der Waals surface area contributed by atoms with Gasteiger partial charge in [0.25, 0.3) is 5.91 Å². The van der Waals surface area contributed by atoms with Crippen molar-refractivity contribution in [3.05, 3.63) is 95.0 Å². The van der Waals surface area contributed by atoms with Crippen LogP contribution in [0.4, 0.5) is 5.69 Å². The van der Waals surface area contributed by atoms with Gasteiger partial charge in [-0.15, -0.1) is 0 Å². The van der Waals surface area contributed by atoms with E-state index >= 15 is 0 Å². The van der Waals surface area contributed by atoms with Crippen LogP contribution in [0.5, 0.6) is 5.75 Å². The molecule has 5 heteroatoms. The number of para-hydroxylation sites is 2. The number of carbonyl (C=O) groups is 1. The van der Waals surface area contributed by atoms with E-state index in [0.29, 0.717) is 23.1 Å². The Morgan fingerprint density at radius 3 is 2.41 bits per heavy atom. The molecular weight excluding hydrogens is 384 g/mol. The summed E-state index contributed by atoms with van der Waals surface area (Å²) in [5, 5.41) is 5.79. The monoisotopic (exact) mass is 409 g/mol. The fraction of sp³-hybridized carbons (Fsp3) is 0.208. The van der Waals surface area contributed by atoms with E-state index in [1.165, 1.54) is 0 Å². The molecule has 3 rings (SSSR count). The van der Waals surface area contributed by atoms with Crippen molar-refractivity contribution >= 4 is 23.2 Å². The molecule has 0 aromatic heterocycles. The number of benzene rings is 3. The van der Waals surface area contributed by atoms with Crippen molar-refractivity contribution in [2.24, 2.45) is 0 Å². The minimum absolute atomic E-state index is 0.0480. The van der Waals surface area contributed by atoms with Gasteiger partial charge in [0, 0.05) is 16.1 Å². The van der Waals surface area contributed by atoms with Crippen molar-refractivity contribution in [1.29, 1.82) is 0 Å². The quantitative estimate of drug-likeness (QED) is 0.564. The van der Waals surface area contributed by atoms with E-state index in [9.17, 15) is 4.79 Å². The summed E-state index contributed by atoms with van der Waals surface area (Å²) in [5.41, 5.74) is 2.68. The number of amides is 1. The lowest BCUT2D eigenvalue weighted by Crippen LogP contribution is -2.87. The lowest BCUT2D eigenvalue weighted by molar-refractivity contribution is -0.718. The van der Waals surface area contributed by atoms with Gasteiger partial charge in [-0.05, 0) is 38.1 Å². The number of hydrogen-bond acceptors (Lipinski definition) is 2. The van der Waals surface area contributed by atoms with Gasteiger partial charge < -0.3 is 15.4 Å². The standard InChI is InChI=1S/C24H25ClN2O2/c1-3-29-22-15-8-7-14-21(22)27-24(28)23(18-10-5-4-6-11-18)26-17(2)19-12-9-13-20(25)16-19/h4-17,23,26H,3H2,1-2H3,(H,27,28)/p+1/t17-,23+/m1/s1. The number of rotatable bonds is 8. The Kier molecular flexibility index (Phi) is 7.28. The lowest BCUT2D eigenvalue weighted by Gasteiger charge is -2.21. The number of nitrogens with one attached hydrogen (secondary N) is 1. The number of ether oxygens (including phenoxy) is 1. The van der Waals surface area contributed by atoms with E-state index in [1.807, 2.05) is 85.8 Å². The lowest BCUT2D eigenvalue weighted by atomic mass is 10.0. The van der Waals surface area contributed by atoms with Gasteiger partial charge in [-0.2, -0.15) is 0 Å². The van der Waals surface area contributed by atoms with Crippen molar-refractivity contribution in [3.8, 4) is 5.75 Å². The molecule has 3 aromatic carbocycles. The maximum atomic E-state index is 13.3. The number of hydrogen-bond donors (Lipinski definition) is 2. The molecule has 0 fully saturated rings. The Morgan fingerprint density at radius 2 is 1.69 bits per heavy atom. The van der Waals surface area contributed by atoms with Crippen LogP contribution in [0.2, 0.25) is 5.02 Å². The molecular formula is C24H26ClN2O2+. The Labute approximate surface area is 176 Å². The molecule has 0 aliphatic carbocycles. The average molecular weight is 410 g/mol. The van der Waals surface area contributed by atoms with E-state index in [2.05, 4.69) is 17.6 Å². The van der Waals surface area contributed by atoms with Crippen LogP contribution in [0.25, 0.3) is 0 Å². The third kappa shape index (κ3) is 5.59. The van der Waals surface area contributed by atoms with E-state index in [1.54, 1.807) is 0 Å². The highest BCUT2D eigenvalue weighted by atomic mass is 35.5. The average Bonchev–Trinajstić information content (AvgIpc) is 2.74. The maximum Gasteiger partial charge on any atom is 0.287 e. The predicted octanol–water partition coefficient (Wildman–Crippen LogP) is 4.74. The molecule has 0 unspecified atom stereocenters. The highest BCUT2D eigenvalue weighted by Crippen LogP contribution is 2.25. The molecule has 3 N–H and O–H groups in total. The molecule has 4 nitrogen and oxygen atoms in total. The number of quaternary nitrogens is 1. The first-order chi connectivity index (χ1) is 14.1. The topological polar surface area (TPSA) is 54.9 Å². The summed E-state index contributed by atoms with van der Waals surface area (Å²) in [6, 6.07) is 24.6. The van der Waals surface area contributed by atoms with Crippen molar-refractivity contribution in [2.45, 2.75) is 25.9 Å². The molecule has 2 atom stereocenters. The summed E-state index contributed by atoms with van der Waals surface area (Å²) in [4.78, 5) is 13.3. The van der Waals surface area contributed by atoms with E-state index in [-0.39, 0.29) is 11.9 Å². The van der Waals surface area contributed by atoms with Crippen LogP contribution in [-0.2, 0) is 4.79 Å².